The van der Waals surface area contributed by atoms with Crippen molar-refractivity contribution in [3.8, 4) is 0 Å². The van der Waals surface area contributed by atoms with E-state index in [1.807, 2.05) is 24.3 Å². The molecular weight excluding hydrogens is 346 g/mol. The fraction of sp³-hybridized carbons (Fsp3) is 0.667. The van der Waals surface area contributed by atoms with Gasteiger partial charge >= 0.3 is 0 Å². The molecule has 2 rings (SSSR count). The van der Waals surface area contributed by atoms with E-state index in [4.69, 9.17) is 0 Å². The SMILES string of the molecule is CCCCc1ccc(C(=O)NC2CCC(CS(=O)(=O)C(C)C)CC2)cc1. The molecule has 26 heavy (non-hydrogen) atoms. The number of unbranched alkanes of at least 4 members (excludes halogenated alkanes) is 1. The second-order valence-corrected chi connectivity index (χ2v) is 10.5. The third kappa shape index (κ3) is 6.11. The third-order valence-corrected chi connectivity index (χ3v) is 7.78. The molecule has 0 aliphatic heterocycles. The van der Waals surface area contributed by atoms with Crippen LogP contribution in [0.1, 0.15) is 75.2 Å². The van der Waals surface area contributed by atoms with Crippen LogP contribution in [0.15, 0.2) is 24.3 Å². The van der Waals surface area contributed by atoms with Gasteiger partial charge in [-0.1, -0.05) is 25.5 Å². The number of sulfone groups is 1. The zero-order valence-electron chi connectivity index (χ0n) is 16.3. The monoisotopic (exact) mass is 379 g/mol. The quantitative estimate of drug-likeness (QED) is 0.738. The summed E-state index contributed by atoms with van der Waals surface area (Å²) in [6, 6.07) is 8.04. The summed E-state index contributed by atoms with van der Waals surface area (Å²) in [4.78, 5) is 12.4. The molecule has 0 bridgehead atoms. The van der Waals surface area contributed by atoms with Gasteiger partial charge in [-0.2, -0.15) is 0 Å². The van der Waals surface area contributed by atoms with Crippen LogP contribution in [0.4, 0.5) is 0 Å². The molecule has 146 valence electrons. The van der Waals surface area contributed by atoms with E-state index < -0.39 is 9.84 Å². The van der Waals surface area contributed by atoms with Crippen molar-refractivity contribution in [3.63, 3.8) is 0 Å². The molecule has 1 aliphatic carbocycles. The van der Waals surface area contributed by atoms with E-state index in [1.165, 1.54) is 18.4 Å². The first-order chi connectivity index (χ1) is 12.3. The minimum absolute atomic E-state index is 0.0229. The topological polar surface area (TPSA) is 63.2 Å². The molecule has 0 radical (unpaired) electrons. The molecule has 0 spiro atoms. The largest absolute Gasteiger partial charge is 0.349 e. The van der Waals surface area contributed by atoms with Crippen molar-refractivity contribution < 1.29 is 13.2 Å². The molecular formula is C21H33NO3S. The molecule has 5 heteroatoms. The summed E-state index contributed by atoms with van der Waals surface area (Å²) < 4.78 is 24.1. The Bertz CT molecular complexity index is 672. The average molecular weight is 380 g/mol. The van der Waals surface area contributed by atoms with Crippen molar-refractivity contribution in [2.45, 2.75) is 77.0 Å². The van der Waals surface area contributed by atoms with E-state index in [0.29, 0.717) is 5.56 Å². The van der Waals surface area contributed by atoms with Crippen molar-refractivity contribution in [1.82, 2.24) is 5.32 Å². The van der Waals surface area contributed by atoms with Crippen molar-refractivity contribution in [3.05, 3.63) is 35.4 Å². The van der Waals surface area contributed by atoms with Gasteiger partial charge in [0.2, 0.25) is 0 Å². The number of hydrogen-bond donors (Lipinski definition) is 1. The number of amides is 1. The highest BCUT2D eigenvalue weighted by atomic mass is 32.2. The zero-order valence-corrected chi connectivity index (χ0v) is 17.1. The van der Waals surface area contributed by atoms with Gasteiger partial charge in [-0.05, 0) is 76.0 Å². The van der Waals surface area contributed by atoms with Gasteiger partial charge in [-0.15, -0.1) is 0 Å². The van der Waals surface area contributed by atoms with Crippen LogP contribution in [-0.4, -0.2) is 31.4 Å². The third-order valence-electron chi connectivity index (χ3n) is 5.40. The summed E-state index contributed by atoms with van der Waals surface area (Å²) in [5.41, 5.74) is 1.98. The molecule has 0 aromatic heterocycles. The van der Waals surface area contributed by atoms with E-state index in [-0.39, 0.29) is 28.9 Å². The minimum atomic E-state index is -2.98. The molecule has 1 aromatic carbocycles. The number of nitrogens with one attached hydrogen (secondary N) is 1. The van der Waals surface area contributed by atoms with Gasteiger partial charge in [-0.25, -0.2) is 8.42 Å². The number of aryl methyl sites for hydroxylation is 1. The standard InChI is InChI=1S/C21H33NO3S/c1-4-5-6-17-7-11-19(12-8-17)21(23)22-20-13-9-18(10-14-20)15-26(24,25)16(2)3/h7-8,11-12,16,18,20H,4-6,9-10,13-15H2,1-3H3,(H,22,23). The van der Waals surface area contributed by atoms with Crippen molar-refractivity contribution in [2.24, 2.45) is 5.92 Å². The van der Waals surface area contributed by atoms with Gasteiger partial charge in [-0.3, -0.25) is 4.79 Å². The predicted octanol–water partition coefficient (Wildman–Crippen LogP) is 4.14. The van der Waals surface area contributed by atoms with Crippen LogP contribution in [0.25, 0.3) is 0 Å². The van der Waals surface area contributed by atoms with E-state index in [1.54, 1.807) is 13.8 Å². The van der Waals surface area contributed by atoms with Gasteiger partial charge < -0.3 is 5.32 Å². The summed E-state index contributed by atoms with van der Waals surface area (Å²) in [5, 5.41) is 2.81. The van der Waals surface area contributed by atoms with Crippen molar-refractivity contribution in [2.75, 3.05) is 5.75 Å². The maximum Gasteiger partial charge on any atom is 0.251 e. The summed E-state index contributed by atoms with van der Waals surface area (Å²) in [7, 11) is -2.98. The van der Waals surface area contributed by atoms with Gasteiger partial charge in [0.1, 0.15) is 0 Å². The fourth-order valence-electron chi connectivity index (χ4n) is 3.47. The van der Waals surface area contributed by atoms with E-state index >= 15 is 0 Å². The summed E-state index contributed by atoms with van der Waals surface area (Å²) >= 11 is 0. The molecule has 1 amide bonds. The minimum Gasteiger partial charge on any atom is -0.349 e. The van der Waals surface area contributed by atoms with Gasteiger partial charge in [0.05, 0.1) is 11.0 Å². The zero-order chi connectivity index (χ0) is 19.2. The molecule has 0 unspecified atom stereocenters. The Balaban J connectivity index is 1.80. The normalized spacial score (nSPS) is 20.9. The number of carbonyl (C=O) groups is 1. The van der Waals surface area contributed by atoms with Crippen LogP contribution in [0.5, 0.6) is 0 Å². The van der Waals surface area contributed by atoms with Crippen LogP contribution >= 0.6 is 0 Å². The summed E-state index contributed by atoms with van der Waals surface area (Å²) in [6.07, 6.45) is 6.85. The molecule has 1 saturated carbocycles. The highest BCUT2D eigenvalue weighted by Crippen LogP contribution is 2.26. The van der Waals surface area contributed by atoms with Gasteiger partial charge in [0.25, 0.3) is 5.91 Å². The lowest BCUT2D eigenvalue weighted by molar-refractivity contribution is 0.0923. The van der Waals surface area contributed by atoms with Crippen LogP contribution in [0.2, 0.25) is 0 Å². The Labute approximate surface area is 158 Å². The Morgan fingerprint density at radius 3 is 2.27 bits per heavy atom. The smallest absolute Gasteiger partial charge is 0.251 e. The Kier molecular flexibility index (Phi) is 7.69. The van der Waals surface area contributed by atoms with Crippen molar-refractivity contribution >= 4 is 15.7 Å². The number of carbonyl (C=O) groups excluding carboxylic acids is 1. The van der Waals surface area contributed by atoms with Crippen LogP contribution in [0.3, 0.4) is 0 Å². The first-order valence-electron chi connectivity index (χ1n) is 9.93. The predicted molar refractivity (Wildman–Crippen MR) is 107 cm³/mol. The first kappa shape index (κ1) is 20.9. The van der Waals surface area contributed by atoms with E-state index in [9.17, 15) is 13.2 Å². The fourth-order valence-corrected chi connectivity index (χ4v) is 4.84. The number of hydrogen-bond acceptors (Lipinski definition) is 3. The molecule has 4 nitrogen and oxygen atoms in total. The highest BCUT2D eigenvalue weighted by Gasteiger charge is 2.27. The second-order valence-electron chi connectivity index (χ2n) is 7.87. The Morgan fingerprint density at radius 1 is 1.12 bits per heavy atom. The second kappa shape index (κ2) is 9.54. The lowest BCUT2D eigenvalue weighted by Gasteiger charge is -2.29. The van der Waals surface area contributed by atoms with E-state index in [0.717, 1.165) is 32.1 Å². The molecule has 1 aliphatic rings. The lowest BCUT2D eigenvalue weighted by Crippen LogP contribution is -2.38. The highest BCUT2D eigenvalue weighted by molar-refractivity contribution is 7.91. The molecule has 1 fully saturated rings. The summed E-state index contributed by atoms with van der Waals surface area (Å²) in [6.45, 7) is 5.66. The average Bonchev–Trinajstić information content (AvgIpc) is 2.61. The Morgan fingerprint density at radius 2 is 1.73 bits per heavy atom. The molecule has 0 saturated heterocycles. The lowest BCUT2D eigenvalue weighted by atomic mass is 9.87. The number of benzene rings is 1. The maximum atomic E-state index is 12.4. The van der Waals surface area contributed by atoms with Crippen molar-refractivity contribution in [1.29, 1.82) is 0 Å². The first-order valence-corrected chi connectivity index (χ1v) is 11.6. The number of rotatable bonds is 8. The van der Waals surface area contributed by atoms with Gasteiger partial charge in [0, 0.05) is 11.6 Å². The Hall–Kier alpha value is -1.36. The molecule has 1 N–H and O–H groups in total. The molecule has 0 atom stereocenters. The molecule has 1 aromatic rings. The molecule has 0 heterocycles. The van der Waals surface area contributed by atoms with Crippen LogP contribution in [-0.2, 0) is 16.3 Å². The summed E-state index contributed by atoms with van der Waals surface area (Å²) in [5.74, 6) is 0.489. The van der Waals surface area contributed by atoms with Crippen LogP contribution < -0.4 is 5.32 Å². The van der Waals surface area contributed by atoms with E-state index in [2.05, 4.69) is 12.2 Å². The maximum absolute atomic E-state index is 12.4. The van der Waals surface area contributed by atoms with Crippen LogP contribution in [0, 0.1) is 5.92 Å². The van der Waals surface area contributed by atoms with Gasteiger partial charge in [0.15, 0.2) is 9.84 Å².